The first-order chi connectivity index (χ1) is 7.70. The zero-order valence-corrected chi connectivity index (χ0v) is 9.49. The van der Waals surface area contributed by atoms with Crippen LogP contribution in [0.15, 0.2) is 27.9 Å². The molecule has 3 heteroatoms. The number of hydrogen-bond donors (Lipinski definition) is 0. The minimum atomic E-state index is 0.746. The lowest BCUT2D eigenvalue weighted by molar-refractivity contribution is 1.22. The first-order valence-electron chi connectivity index (χ1n) is 5.06. The van der Waals surface area contributed by atoms with Crippen molar-refractivity contribution < 1.29 is 0 Å². The van der Waals surface area contributed by atoms with Gasteiger partial charge in [0.15, 0.2) is 0 Å². The van der Waals surface area contributed by atoms with Crippen molar-refractivity contribution in [2.24, 2.45) is 9.98 Å². The molecule has 1 aliphatic rings. The molecule has 0 radical (unpaired) electrons. The SMILES string of the molecule is C=NC1=C(N=CC)C(C)=c2c1nccc2=C. The Labute approximate surface area is 94.3 Å². The van der Waals surface area contributed by atoms with Gasteiger partial charge in [-0.2, -0.15) is 0 Å². The first kappa shape index (κ1) is 10.5. The molecule has 80 valence electrons. The molecular formula is C13H13N3. The monoisotopic (exact) mass is 211 g/mol. The summed E-state index contributed by atoms with van der Waals surface area (Å²) >= 11 is 0. The second-order valence-corrected chi connectivity index (χ2v) is 3.56. The molecule has 0 bridgehead atoms. The van der Waals surface area contributed by atoms with E-state index in [-0.39, 0.29) is 0 Å². The predicted molar refractivity (Wildman–Crippen MR) is 68.7 cm³/mol. The first-order valence-corrected chi connectivity index (χ1v) is 5.06. The smallest absolute Gasteiger partial charge is 0.114 e. The Balaban J connectivity index is 2.89. The Morgan fingerprint density at radius 3 is 2.75 bits per heavy atom. The fraction of sp³-hybridized carbons (Fsp3) is 0.154. The van der Waals surface area contributed by atoms with Crippen LogP contribution in [0.25, 0.3) is 17.8 Å². The van der Waals surface area contributed by atoms with E-state index in [1.54, 1.807) is 12.4 Å². The van der Waals surface area contributed by atoms with Gasteiger partial charge in [-0.05, 0) is 37.4 Å². The summed E-state index contributed by atoms with van der Waals surface area (Å²) in [7, 11) is 0. The Kier molecular flexibility index (Phi) is 2.52. The summed E-state index contributed by atoms with van der Waals surface area (Å²) in [5, 5.41) is 1.98. The van der Waals surface area contributed by atoms with Crippen molar-refractivity contribution in [3.63, 3.8) is 0 Å². The summed E-state index contributed by atoms with van der Waals surface area (Å²) in [4.78, 5) is 12.7. The molecule has 2 rings (SSSR count). The summed E-state index contributed by atoms with van der Waals surface area (Å²) < 4.78 is 0. The highest BCUT2D eigenvalue weighted by molar-refractivity contribution is 5.88. The Morgan fingerprint density at radius 1 is 1.38 bits per heavy atom. The number of hydrogen-bond acceptors (Lipinski definition) is 3. The minimum Gasteiger partial charge on any atom is -0.260 e. The van der Waals surface area contributed by atoms with E-state index in [4.69, 9.17) is 0 Å². The van der Waals surface area contributed by atoms with Crippen LogP contribution in [0.5, 0.6) is 0 Å². The number of aromatic nitrogens is 1. The Morgan fingerprint density at radius 2 is 2.12 bits per heavy atom. The van der Waals surface area contributed by atoms with Crippen molar-refractivity contribution in [2.45, 2.75) is 13.8 Å². The van der Waals surface area contributed by atoms with E-state index in [2.05, 4.69) is 28.3 Å². The van der Waals surface area contributed by atoms with E-state index in [0.29, 0.717) is 0 Å². The average Bonchev–Trinajstić information content (AvgIpc) is 2.54. The lowest BCUT2D eigenvalue weighted by atomic mass is 10.2. The van der Waals surface area contributed by atoms with Gasteiger partial charge in [0.1, 0.15) is 5.70 Å². The van der Waals surface area contributed by atoms with Crippen molar-refractivity contribution in [2.75, 3.05) is 0 Å². The summed E-state index contributed by atoms with van der Waals surface area (Å²) in [6.07, 6.45) is 3.48. The predicted octanol–water partition coefficient (Wildman–Crippen LogP) is 1.14. The maximum Gasteiger partial charge on any atom is 0.114 e. The molecule has 16 heavy (non-hydrogen) atoms. The lowest BCUT2D eigenvalue weighted by Gasteiger charge is -1.98. The van der Waals surface area contributed by atoms with E-state index in [9.17, 15) is 0 Å². The van der Waals surface area contributed by atoms with Gasteiger partial charge < -0.3 is 0 Å². The largest absolute Gasteiger partial charge is 0.260 e. The van der Waals surface area contributed by atoms with Crippen LogP contribution in [-0.2, 0) is 0 Å². The van der Waals surface area contributed by atoms with Gasteiger partial charge in [-0.25, -0.2) is 0 Å². The fourth-order valence-corrected chi connectivity index (χ4v) is 1.94. The van der Waals surface area contributed by atoms with Crippen LogP contribution in [0.1, 0.15) is 19.5 Å². The zero-order valence-electron chi connectivity index (χ0n) is 9.49. The highest BCUT2D eigenvalue weighted by Gasteiger charge is 2.20. The van der Waals surface area contributed by atoms with Gasteiger partial charge in [0.05, 0.1) is 11.4 Å². The number of nitrogens with zero attached hydrogens (tertiary/aromatic N) is 3. The highest BCUT2D eigenvalue weighted by Crippen LogP contribution is 2.27. The summed E-state index contributed by atoms with van der Waals surface area (Å²) in [5.74, 6) is 0. The van der Waals surface area contributed by atoms with Crippen LogP contribution in [0.2, 0.25) is 0 Å². The lowest BCUT2D eigenvalue weighted by Crippen LogP contribution is -2.27. The van der Waals surface area contributed by atoms with Crippen LogP contribution < -0.4 is 10.4 Å². The van der Waals surface area contributed by atoms with E-state index in [1.165, 1.54) is 0 Å². The topological polar surface area (TPSA) is 37.6 Å². The Bertz CT molecular complexity index is 621. The number of fused-ring (bicyclic) bond motifs is 1. The fourth-order valence-electron chi connectivity index (χ4n) is 1.94. The van der Waals surface area contributed by atoms with Crippen molar-refractivity contribution in [3.05, 3.63) is 34.1 Å². The van der Waals surface area contributed by atoms with Gasteiger partial charge >= 0.3 is 0 Å². The van der Waals surface area contributed by atoms with Crippen LogP contribution in [0.3, 0.4) is 0 Å². The second kappa shape index (κ2) is 3.85. The molecule has 1 heterocycles. The van der Waals surface area contributed by atoms with Gasteiger partial charge in [0.2, 0.25) is 0 Å². The van der Waals surface area contributed by atoms with Crippen LogP contribution >= 0.6 is 0 Å². The highest BCUT2D eigenvalue weighted by atomic mass is 14.9. The van der Waals surface area contributed by atoms with E-state index >= 15 is 0 Å². The van der Waals surface area contributed by atoms with E-state index < -0.39 is 0 Å². The number of allylic oxidation sites excluding steroid dienone is 1. The normalized spacial score (nSPS) is 14.8. The molecule has 0 aliphatic heterocycles. The quantitative estimate of drug-likeness (QED) is 0.676. The number of aliphatic imine (C=N–C) groups is 2. The van der Waals surface area contributed by atoms with Crippen molar-refractivity contribution in [3.8, 4) is 0 Å². The summed E-state index contributed by atoms with van der Waals surface area (Å²) in [6.45, 7) is 11.5. The third kappa shape index (κ3) is 1.33. The molecule has 1 aromatic heterocycles. The van der Waals surface area contributed by atoms with Gasteiger partial charge in [-0.3, -0.25) is 15.0 Å². The molecule has 0 saturated carbocycles. The molecule has 1 aliphatic carbocycles. The molecule has 0 fully saturated rings. The van der Waals surface area contributed by atoms with Gasteiger partial charge in [0.25, 0.3) is 0 Å². The number of rotatable bonds is 2. The third-order valence-corrected chi connectivity index (χ3v) is 2.63. The van der Waals surface area contributed by atoms with Gasteiger partial charge in [-0.15, -0.1) is 0 Å². The average molecular weight is 211 g/mol. The molecule has 0 saturated heterocycles. The maximum absolute atomic E-state index is 4.33. The summed E-state index contributed by atoms with van der Waals surface area (Å²) in [6, 6.07) is 1.89. The molecule has 3 nitrogen and oxygen atoms in total. The number of pyridine rings is 1. The van der Waals surface area contributed by atoms with E-state index in [1.807, 2.05) is 19.9 Å². The standard InChI is InChI=1S/C13H13N3/c1-5-15-11-9(3)10-8(2)6-7-16-12(10)13(11)14-4/h5-7H,2,4H2,1,3H3. The van der Waals surface area contributed by atoms with Crippen molar-refractivity contribution in [1.29, 1.82) is 0 Å². The maximum atomic E-state index is 4.33. The van der Waals surface area contributed by atoms with Gasteiger partial charge in [0, 0.05) is 17.6 Å². The van der Waals surface area contributed by atoms with E-state index in [0.717, 1.165) is 33.1 Å². The molecule has 0 unspecified atom stereocenters. The van der Waals surface area contributed by atoms with Crippen molar-refractivity contribution in [1.82, 2.24) is 4.98 Å². The molecular weight excluding hydrogens is 198 g/mol. The molecule has 1 aromatic rings. The zero-order chi connectivity index (χ0) is 11.7. The molecule has 0 N–H and O–H groups in total. The van der Waals surface area contributed by atoms with Crippen LogP contribution in [0, 0.1) is 0 Å². The van der Waals surface area contributed by atoms with Crippen LogP contribution in [0.4, 0.5) is 0 Å². The molecule has 0 aromatic carbocycles. The minimum absolute atomic E-state index is 0.746. The second-order valence-electron chi connectivity index (χ2n) is 3.56. The van der Waals surface area contributed by atoms with Crippen molar-refractivity contribution >= 4 is 30.8 Å². The molecule has 0 amide bonds. The van der Waals surface area contributed by atoms with Gasteiger partial charge in [-0.1, -0.05) is 6.58 Å². The Hall–Kier alpha value is -2.03. The summed E-state index contributed by atoms with van der Waals surface area (Å²) in [5.41, 5.74) is 3.49. The van der Waals surface area contributed by atoms with Crippen LogP contribution in [-0.4, -0.2) is 17.9 Å². The molecule has 0 atom stereocenters. The molecule has 0 spiro atoms. The third-order valence-electron chi connectivity index (χ3n) is 2.63.